The molecule has 0 aromatic carbocycles. The number of primary amides is 1. The van der Waals surface area contributed by atoms with Crippen molar-refractivity contribution in [1.29, 1.82) is 0 Å². The summed E-state index contributed by atoms with van der Waals surface area (Å²) in [6, 6.07) is 0. The summed E-state index contributed by atoms with van der Waals surface area (Å²) in [5.74, 6) is -0.592. The van der Waals surface area contributed by atoms with E-state index >= 15 is 0 Å². The van der Waals surface area contributed by atoms with Gasteiger partial charge >= 0.3 is 6.09 Å². The number of carbonyl (C=O) groups is 2. The van der Waals surface area contributed by atoms with Crippen molar-refractivity contribution >= 4 is 12.0 Å². The molecule has 0 aliphatic heterocycles. The first-order valence-electron chi connectivity index (χ1n) is 4.46. The van der Waals surface area contributed by atoms with Gasteiger partial charge in [-0.05, 0) is 12.3 Å². The first-order chi connectivity index (χ1) is 6.23. The monoisotopic (exact) mass is 202 g/mol. The number of amides is 2. The molecule has 0 unspecified atom stereocenters. The highest BCUT2D eigenvalue weighted by molar-refractivity contribution is 5.80. The minimum absolute atomic E-state index is 0.121. The van der Waals surface area contributed by atoms with E-state index in [2.05, 4.69) is 5.32 Å². The minimum Gasteiger partial charge on any atom is -0.446 e. The Hall–Kier alpha value is -1.26. The molecule has 0 rings (SSSR count). The van der Waals surface area contributed by atoms with Crippen LogP contribution in [0.25, 0.3) is 0 Å². The highest BCUT2D eigenvalue weighted by Gasteiger charge is 2.23. The van der Waals surface area contributed by atoms with Gasteiger partial charge in [0.15, 0.2) is 0 Å². The zero-order chi connectivity index (χ0) is 11.4. The number of hydrogen-bond donors (Lipinski definition) is 2. The first kappa shape index (κ1) is 12.7. The summed E-state index contributed by atoms with van der Waals surface area (Å²) in [5, 5.41) is 2.25. The first-order valence-corrected chi connectivity index (χ1v) is 4.46. The third-order valence-electron chi connectivity index (χ3n) is 1.91. The van der Waals surface area contributed by atoms with Crippen LogP contribution >= 0.6 is 0 Å². The number of carbonyl (C=O) groups excluding carboxylic acids is 2. The van der Waals surface area contributed by atoms with Gasteiger partial charge in [-0.3, -0.25) is 4.79 Å². The second-order valence-corrected chi connectivity index (χ2v) is 4.23. The largest absolute Gasteiger partial charge is 0.446 e. The Morgan fingerprint density at radius 3 is 2.29 bits per heavy atom. The number of nitrogens with two attached hydrogens (primary N) is 1. The Morgan fingerprint density at radius 1 is 1.43 bits per heavy atom. The molecule has 0 spiro atoms. The van der Waals surface area contributed by atoms with E-state index < -0.39 is 12.0 Å². The van der Waals surface area contributed by atoms with E-state index in [1.54, 1.807) is 6.92 Å². The fourth-order valence-electron chi connectivity index (χ4n) is 0.538. The predicted molar refractivity (Wildman–Crippen MR) is 52.6 cm³/mol. The highest BCUT2D eigenvalue weighted by Crippen LogP contribution is 2.21. The molecule has 5 nitrogen and oxygen atoms in total. The molecule has 0 bridgehead atoms. The van der Waals surface area contributed by atoms with Crippen molar-refractivity contribution in [2.45, 2.75) is 33.8 Å². The van der Waals surface area contributed by atoms with Crippen LogP contribution in [0.3, 0.4) is 0 Å². The fraction of sp³-hybridized carbons (Fsp3) is 0.778. The summed E-state index contributed by atoms with van der Waals surface area (Å²) >= 11 is 0. The van der Waals surface area contributed by atoms with Crippen LogP contribution in [-0.4, -0.2) is 24.6 Å². The lowest BCUT2D eigenvalue weighted by Crippen LogP contribution is -2.38. The molecule has 0 aliphatic rings. The van der Waals surface area contributed by atoms with Crippen LogP contribution < -0.4 is 11.1 Å². The third kappa shape index (κ3) is 5.40. The van der Waals surface area contributed by atoms with E-state index in [0.29, 0.717) is 0 Å². The molecule has 3 N–H and O–H groups in total. The van der Waals surface area contributed by atoms with Crippen molar-refractivity contribution in [3.8, 4) is 0 Å². The maximum Gasteiger partial charge on any atom is 0.407 e. The van der Waals surface area contributed by atoms with E-state index in [-0.39, 0.29) is 18.1 Å². The van der Waals surface area contributed by atoms with Crippen molar-refractivity contribution in [3.63, 3.8) is 0 Å². The Bertz CT molecular complexity index is 221. The van der Waals surface area contributed by atoms with Gasteiger partial charge < -0.3 is 15.8 Å². The van der Waals surface area contributed by atoms with Gasteiger partial charge in [0.2, 0.25) is 5.91 Å². The Morgan fingerprint density at radius 2 is 1.93 bits per heavy atom. The maximum atomic E-state index is 11.1. The highest BCUT2D eigenvalue weighted by atomic mass is 16.6. The summed E-state index contributed by atoms with van der Waals surface area (Å²) < 4.78 is 5.01. The van der Waals surface area contributed by atoms with Gasteiger partial charge in [-0.15, -0.1) is 0 Å². The van der Waals surface area contributed by atoms with Crippen LogP contribution in [0, 0.1) is 5.41 Å². The lowest BCUT2D eigenvalue weighted by Gasteiger charge is -2.26. The summed E-state index contributed by atoms with van der Waals surface area (Å²) in [7, 11) is 0. The van der Waals surface area contributed by atoms with Crippen LogP contribution in [0.15, 0.2) is 0 Å². The Labute approximate surface area is 84.0 Å². The summed E-state index contributed by atoms with van der Waals surface area (Å²) in [6.45, 7) is 7.47. The Balaban J connectivity index is 3.89. The van der Waals surface area contributed by atoms with Gasteiger partial charge in [-0.2, -0.15) is 0 Å². The van der Waals surface area contributed by atoms with Gasteiger partial charge in [0.05, 0.1) is 6.54 Å². The Kier molecular flexibility index (Phi) is 4.40. The summed E-state index contributed by atoms with van der Waals surface area (Å²) in [5.41, 5.74) is 4.73. The average molecular weight is 202 g/mol. The third-order valence-corrected chi connectivity index (χ3v) is 1.91. The van der Waals surface area contributed by atoms with E-state index in [1.165, 1.54) is 0 Å². The summed E-state index contributed by atoms with van der Waals surface area (Å²) in [4.78, 5) is 21.4. The van der Waals surface area contributed by atoms with Gasteiger partial charge in [0, 0.05) is 0 Å². The van der Waals surface area contributed by atoms with Crippen molar-refractivity contribution < 1.29 is 14.3 Å². The zero-order valence-electron chi connectivity index (χ0n) is 9.09. The molecular weight excluding hydrogens is 184 g/mol. The molecule has 2 amide bonds. The minimum atomic E-state index is -0.619. The molecule has 0 aromatic heterocycles. The van der Waals surface area contributed by atoms with E-state index in [1.807, 2.05) is 20.8 Å². The zero-order valence-corrected chi connectivity index (χ0v) is 9.09. The molecular formula is C9H18N2O3. The van der Waals surface area contributed by atoms with E-state index in [9.17, 15) is 9.59 Å². The molecule has 0 heterocycles. The molecule has 0 saturated carbocycles. The topological polar surface area (TPSA) is 81.4 Å². The van der Waals surface area contributed by atoms with Crippen molar-refractivity contribution in [2.24, 2.45) is 11.1 Å². The molecule has 0 fully saturated rings. The van der Waals surface area contributed by atoms with Crippen LogP contribution in [0.4, 0.5) is 4.79 Å². The fourth-order valence-corrected chi connectivity index (χ4v) is 0.538. The lowest BCUT2D eigenvalue weighted by atomic mass is 9.90. The van der Waals surface area contributed by atoms with E-state index in [0.717, 1.165) is 0 Å². The van der Waals surface area contributed by atoms with Crippen LogP contribution in [0.2, 0.25) is 0 Å². The van der Waals surface area contributed by atoms with Crippen molar-refractivity contribution in [1.82, 2.24) is 5.32 Å². The van der Waals surface area contributed by atoms with Gasteiger partial charge in [0.1, 0.15) is 6.10 Å². The van der Waals surface area contributed by atoms with Crippen molar-refractivity contribution in [3.05, 3.63) is 0 Å². The molecule has 82 valence electrons. The number of rotatable bonds is 3. The number of nitrogens with one attached hydrogen (secondary N) is 1. The van der Waals surface area contributed by atoms with Gasteiger partial charge in [-0.1, -0.05) is 20.8 Å². The molecule has 14 heavy (non-hydrogen) atoms. The standard InChI is InChI=1S/C9H18N2O3/c1-6(9(2,3)4)14-8(13)11-5-7(10)12/h6H,5H2,1-4H3,(H2,10,12)(H,11,13)/t6-/m1/s1. The van der Waals surface area contributed by atoms with E-state index in [4.69, 9.17) is 10.5 Å². The number of ether oxygens (including phenoxy) is 1. The molecule has 5 heteroatoms. The molecule has 0 saturated heterocycles. The number of hydrogen-bond acceptors (Lipinski definition) is 3. The SMILES string of the molecule is C[C@@H](OC(=O)NCC(N)=O)C(C)(C)C. The molecule has 0 aromatic rings. The summed E-state index contributed by atoms with van der Waals surface area (Å²) in [6.07, 6.45) is -0.846. The predicted octanol–water partition coefficient (Wildman–Crippen LogP) is 0.632. The maximum absolute atomic E-state index is 11.1. The van der Waals surface area contributed by atoms with Crippen LogP contribution in [-0.2, 0) is 9.53 Å². The van der Waals surface area contributed by atoms with Crippen LogP contribution in [0.1, 0.15) is 27.7 Å². The normalized spacial score (nSPS) is 13.1. The number of alkyl carbamates (subject to hydrolysis) is 1. The molecule has 0 aliphatic carbocycles. The van der Waals surface area contributed by atoms with Gasteiger partial charge in [-0.25, -0.2) is 4.79 Å². The second kappa shape index (κ2) is 4.83. The average Bonchev–Trinajstić information content (AvgIpc) is 1.99. The smallest absolute Gasteiger partial charge is 0.407 e. The quantitative estimate of drug-likeness (QED) is 0.704. The molecule has 1 atom stereocenters. The van der Waals surface area contributed by atoms with Crippen molar-refractivity contribution in [2.75, 3.05) is 6.54 Å². The molecule has 0 radical (unpaired) electrons. The van der Waals surface area contributed by atoms with Gasteiger partial charge in [0.25, 0.3) is 0 Å². The van der Waals surface area contributed by atoms with Crippen LogP contribution in [0.5, 0.6) is 0 Å². The lowest BCUT2D eigenvalue weighted by molar-refractivity contribution is -0.117. The second-order valence-electron chi connectivity index (χ2n) is 4.23.